The maximum atomic E-state index is 9.66. The minimum absolute atomic E-state index is 0.179. The number of nitrogens with two attached hydrogens (primary N) is 1. The molecule has 15 heavy (non-hydrogen) atoms. The molecule has 0 amide bonds. The molecular formula is C10H12BrN3O. The van der Waals surface area contributed by atoms with Crippen LogP contribution in [0.15, 0.2) is 22.7 Å². The van der Waals surface area contributed by atoms with Gasteiger partial charge in [0, 0.05) is 18.1 Å². The van der Waals surface area contributed by atoms with Crippen molar-refractivity contribution in [3.8, 4) is 0 Å². The first-order chi connectivity index (χ1) is 7.13. The molecule has 80 valence electrons. The van der Waals surface area contributed by atoms with Gasteiger partial charge in [0.05, 0.1) is 11.0 Å². The van der Waals surface area contributed by atoms with Crippen molar-refractivity contribution in [2.45, 2.75) is 6.10 Å². The predicted molar refractivity (Wildman–Crippen MR) is 62.4 cm³/mol. The standard InChI is InChI=1S/C10H12BrN3O/c1-14-8-3-2-6(11)4-7(8)13-10(14)9(15)5-12/h2-4,9,15H,5,12H2,1H3. The molecule has 0 saturated heterocycles. The van der Waals surface area contributed by atoms with Crippen molar-refractivity contribution < 1.29 is 5.11 Å². The molecule has 5 heteroatoms. The lowest BCUT2D eigenvalue weighted by atomic mass is 10.3. The number of imidazole rings is 1. The van der Waals surface area contributed by atoms with Crippen LogP contribution in [-0.2, 0) is 7.05 Å². The maximum absolute atomic E-state index is 9.66. The molecule has 1 heterocycles. The van der Waals surface area contributed by atoms with Crippen LogP contribution in [0.25, 0.3) is 11.0 Å². The van der Waals surface area contributed by atoms with Crippen LogP contribution in [0.4, 0.5) is 0 Å². The first-order valence-corrected chi connectivity index (χ1v) is 5.43. The number of aliphatic hydroxyl groups excluding tert-OH is 1. The lowest BCUT2D eigenvalue weighted by molar-refractivity contribution is 0.174. The number of aliphatic hydroxyl groups is 1. The molecule has 0 saturated carbocycles. The molecule has 0 aliphatic rings. The third-order valence-electron chi connectivity index (χ3n) is 2.40. The zero-order valence-electron chi connectivity index (χ0n) is 8.31. The van der Waals surface area contributed by atoms with Gasteiger partial charge >= 0.3 is 0 Å². The fourth-order valence-electron chi connectivity index (χ4n) is 1.60. The molecule has 3 N–H and O–H groups in total. The number of aryl methyl sites for hydroxylation is 1. The summed E-state index contributed by atoms with van der Waals surface area (Å²) in [5.41, 5.74) is 7.25. The zero-order chi connectivity index (χ0) is 11.0. The molecular weight excluding hydrogens is 258 g/mol. The topological polar surface area (TPSA) is 64.1 Å². The maximum Gasteiger partial charge on any atom is 0.139 e. The Balaban J connectivity index is 2.63. The van der Waals surface area contributed by atoms with Crippen LogP contribution in [0.3, 0.4) is 0 Å². The van der Waals surface area contributed by atoms with Gasteiger partial charge in [-0.15, -0.1) is 0 Å². The molecule has 1 atom stereocenters. The van der Waals surface area contributed by atoms with Gasteiger partial charge in [-0.25, -0.2) is 4.98 Å². The monoisotopic (exact) mass is 269 g/mol. The summed E-state index contributed by atoms with van der Waals surface area (Å²) in [7, 11) is 1.87. The van der Waals surface area contributed by atoms with Crippen molar-refractivity contribution in [1.29, 1.82) is 0 Å². The van der Waals surface area contributed by atoms with Gasteiger partial charge < -0.3 is 15.4 Å². The van der Waals surface area contributed by atoms with Gasteiger partial charge in [0.1, 0.15) is 11.9 Å². The number of rotatable bonds is 2. The van der Waals surface area contributed by atoms with E-state index in [4.69, 9.17) is 5.73 Å². The summed E-state index contributed by atoms with van der Waals surface area (Å²) in [5, 5.41) is 9.66. The number of benzene rings is 1. The predicted octanol–water partition coefficient (Wildman–Crippen LogP) is 1.33. The van der Waals surface area contributed by atoms with E-state index in [-0.39, 0.29) is 6.54 Å². The molecule has 0 fully saturated rings. The average Bonchev–Trinajstić information content (AvgIpc) is 2.54. The molecule has 1 unspecified atom stereocenters. The highest BCUT2D eigenvalue weighted by molar-refractivity contribution is 9.10. The smallest absolute Gasteiger partial charge is 0.139 e. The molecule has 2 aromatic rings. The van der Waals surface area contributed by atoms with Crippen LogP contribution in [0.1, 0.15) is 11.9 Å². The minimum atomic E-state index is -0.707. The summed E-state index contributed by atoms with van der Waals surface area (Å²) in [6.07, 6.45) is -0.707. The molecule has 0 aliphatic carbocycles. The number of hydrogen-bond acceptors (Lipinski definition) is 3. The lowest BCUT2D eigenvalue weighted by Crippen LogP contribution is -2.15. The molecule has 0 radical (unpaired) electrons. The van der Waals surface area contributed by atoms with Crippen molar-refractivity contribution in [3.63, 3.8) is 0 Å². The number of fused-ring (bicyclic) bond motifs is 1. The van der Waals surface area contributed by atoms with Crippen LogP contribution < -0.4 is 5.73 Å². The van der Waals surface area contributed by atoms with Crippen LogP contribution in [0, 0.1) is 0 Å². The molecule has 0 bridgehead atoms. The van der Waals surface area contributed by atoms with E-state index in [2.05, 4.69) is 20.9 Å². The highest BCUT2D eigenvalue weighted by Crippen LogP contribution is 2.22. The van der Waals surface area contributed by atoms with E-state index in [1.807, 2.05) is 29.8 Å². The van der Waals surface area contributed by atoms with E-state index in [1.165, 1.54) is 0 Å². The minimum Gasteiger partial charge on any atom is -0.384 e. The average molecular weight is 270 g/mol. The SMILES string of the molecule is Cn1c(C(O)CN)nc2cc(Br)ccc21. The Morgan fingerprint density at radius 1 is 1.60 bits per heavy atom. The summed E-state index contributed by atoms with van der Waals surface area (Å²) < 4.78 is 2.83. The normalized spacial score (nSPS) is 13.3. The van der Waals surface area contributed by atoms with E-state index >= 15 is 0 Å². The molecule has 1 aromatic heterocycles. The van der Waals surface area contributed by atoms with E-state index in [9.17, 15) is 5.11 Å². The first kappa shape index (κ1) is 10.6. The Hall–Kier alpha value is -0.910. The zero-order valence-corrected chi connectivity index (χ0v) is 9.90. The molecule has 2 rings (SSSR count). The first-order valence-electron chi connectivity index (χ1n) is 4.63. The van der Waals surface area contributed by atoms with Gasteiger partial charge in [0.15, 0.2) is 0 Å². The van der Waals surface area contributed by atoms with Crippen LogP contribution in [0.5, 0.6) is 0 Å². The highest BCUT2D eigenvalue weighted by atomic mass is 79.9. The lowest BCUT2D eigenvalue weighted by Gasteiger charge is -2.06. The molecule has 0 spiro atoms. The Morgan fingerprint density at radius 3 is 3.00 bits per heavy atom. The van der Waals surface area contributed by atoms with Gasteiger partial charge in [-0.3, -0.25) is 0 Å². The summed E-state index contributed by atoms with van der Waals surface area (Å²) in [6.45, 7) is 0.179. The van der Waals surface area contributed by atoms with Crippen molar-refractivity contribution in [3.05, 3.63) is 28.5 Å². The number of halogens is 1. The van der Waals surface area contributed by atoms with Gasteiger partial charge in [-0.1, -0.05) is 15.9 Å². The molecule has 1 aromatic carbocycles. The Kier molecular flexibility index (Phi) is 2.77. The number of hydrogen-bond donors (Lipinski definition) is 2. The largest absolute Gasteiger partial charge is 0.384 e. The molecule has 0 aliphatic heterocycles. The van der Waals surface area contributed by atoms with Crippen molar-refractivity contribution in [2.24, 2.45) is 12.8 Å². The van der Waals surface area contributed by atoms with E-state index in [0.717, 1.165) is 15.5 Å². The van der Waals surface area contributed by atoms with Crippen molar-refractivity contribution >= 4 is 27.0 Å². The number of nitrogens with zero attached hydrogens (tertiary/aromatic N) is 2. The quantitative estimate of drug-likeness (QED) is 0.865. The summed E-state index contributed by atoms with van der Waals surface area (Å²) >= 11 is 3.38. The second kappa shape index (κ2) is 3.92. The van der Waals surface area contributed by atoms with E-state index in [0.29, 0.717) is 5.82 Å². The van der Waals surface area contributed by atoms with Gasteiger partial charge in [0.25, 0.3) is 0 Å². The summed E-state index contributed by atoms with van der Waals surface area (Å²) in [4.78, 5) is 4.35. The van der Waals surface area contributed by atoms with E-state index in [1.54, 1.807) is 0 Å². The van der Waals surface area contributed by atoms with Gasteiger partial charge in [-0.2, -0.15) is 0 Å². The fourth-order valence-corrected chi connectivity index (χ4v) is 1.94. The Labute approximate surface area is 95.8 Å². The van der Waals surface area contributed by atoms with Crippen molar-refractivity contribution in [1.82, 2.24) is 9.55 Å². The number of aromatic nitrogens is 2. The van der Waals surface area contributed by atoms with E-state index < -0.39 is 6.10 Å². The van der Waals surface area contributed by atoms with Gasteiger partial charge in [-0.05, 0) is 18.2 Å². The third kappa shape index (κ3) is 1.78. The van der Waals surface area contributed by atoms with Crippen molar-refractivity contribution in [2.75, 3.05) is 6.54 Å². The summed E-state index contributed by atoms with van der Waals surface area (Å²) in [5.74, 6) is 0.602. The van der Waals surface area contributed by atoms with Crippen LogP contribution in [0.2, 0.25) is 0 Å². The van der Waals surface area contributed by atoms with Crippen LogP contribution in [-0.4, -0.2) is 21.2 Å². The van der Waals surface area contributed by atoms with Crippen LogP contribution >= 0.6 is 15.9 Å². The Bertz CT molecular complexity index is 495. The molecule has 4 nitrogen and oxygen atoms in total. The fraction of sp³-hybridized carbons (Fsp3) is 0.300. The Morgan fingerprint density at radius 2 is 2.33 bits per heavy atom. The summed E-state index contributed by atoms with van der Waals surface area (Å²) in [6, 6.07) is 5.82. The second-order valence-corrected chi connectivity index (χ2v) is 4.33. The second-order valence-electron chi connectivity index (χ2n) is 3.41. The third-order valence-corrected chi connectivity index (χ3v) is 2.89. The van der Waals surface area contributed by atoms with Gasteiger partial charge in [0.2, 0.25) is 0 Å². The highest BCUT2D eigenvalue weighted by Gasteiger charge is 2.14.